The smallest absolute Gasteiger partial charge is 0.261 e. The lowest BCUT2D eigenvalue weighted by Gasteiger charge is -2.15. The molecule has 0 radical (unpaired) electrons. The first-order chi connectivity index (χ1) is 17.6. The van der Waals surface area contributed by atoms with Crippen molar-refractivity contribution in [3.63, 3.8) is 0 Å². The number of fused-ring (bicyclic) bond motifs is 1. The summed E-state index contributed by atoms with van der Waals surface area (Å²) < 4.78 is 13.9. The van der Waals surface area contributed by atoms with Crippen molar-refractivity contribution in [2.45, 2.75) is 19.6 Å². The molecule has 4 aromatic carbocycles. The zero-order valence-electron chi connectivity index (χ0n) is 19.9. The van der Waals surface area contributed by atoms with Crippen LogP contribution in [0.15, 0.2) is 106 Å². The number of rotatable bonds is 8. The van der Waals surface area contributed by atoms with Gasteiger partial charge in [0.05, 0.1) is 18.0 Å². The Morgan fingerprint density at radius 2 is 1.64 bits per heavy atom. The second-order valence-corrected chi connectivity index (χ2v) is 9.37. The number of hydrogen-bond donors (Lipinski definition) is 0. The second kappa shape index (κ2) is 10.8. The van der Waals surface area contributed by atoms with Gasteiger partial charge in [0.1, 0.15) is 23.9 Å². The average Bonchev–Trinajstić information content (AvgIpc) is 2.92. The topological polar surface area (TPSA) is 53.4 Å². The Morgan fingerprint density at radius 1 is 0.833 bits per heavy atom. The van der Waals surface area contributed by atoms with Gasteiger partial charge in [-0.3, -0.25) is 9.36 Å². The van der Waals surface area contributed by atoms with E-state index in [9.17, 15) is 4.79 Å². The molecule has 0 bridgehead atoms. The van der Waals surface area contributed by atoms with Gasteiger partial charge >= 0.3 is 0 Å². The van der Waals surface area contributed by atoms with Crippen molar-refractivity contribution in [1.29, 1.82) is 0 Å². The van der Waals surface area contributed by atoms with Gasteiger partial charge in [-0.1, -0.05) is 70.5 Å². The normalized spacial score (nSPS) is 10.9. The minimum Gasteiger partial charge on any atom is -0.497 e. The van der Waals surface area contributed by atoms with Gasteiger partial charge in [-0.15, -0.1) is 0 Å². The molecular weight excluding hydrogens is 516 g/mol. The van der Waals surface area contributed by atoms with E-state index >= 15 is 0 Å². The molecule has 0 aliphatic carbocycles. The highest BCUT2D eigenvalue weighted by Crippen LogP contribution is 2.25. The maximum atomic E-state index is 13.6. The monoisotopic (exact) mass is 540 g/mol. The molecule has 0 saturated heterocycles. The van der Waals surface area contributed by atoms with Gasteiger partial charge in [0.15, 0.2) is 0 Å². The van der Waals surface area contributed by atoms with Crippen LogP contribution in [0.3, 0.4) is 0 Å². The molecule has 5 aromatic rings. The predicted octanol–water partition coefficient (Wildman–Crippen LogP) is 6.66. The van der Waals surface area contributed by atoms with Crippen molar-refractivity contribution in [3.8, 4) is 22.9 Å². The lowest BCUT2D eigenvalue weighted by molar-refractivity contribution is 0.306. The fourth-order valence-corrected chi connectivity index (χ4v) is 4.48. The number of aryl methyl sites for hydroxylation is 1. The first-order valence-electron chi connectivity index (χ1n) is 11.7. The summed E-state index contributed by atoms with van der Waals surface area (Å²) in [6.45, 7) is 0.957. The first-order valence-corrected chi connectivity index (χ1v) is 12.5. The molecule has 1 aromatic heterocycles. The summed E-state index contributed by atoms with van der Waals surface area (Å²) in [6.07, 6.45) is 0.683. The summed E-state index contributed by atoms with van der Waals surface area (Å²) in [5, 5.41) is 0.583. The number of methoxy groups -OCH3 is 1. The fourth-order valence-electron chi connectivity index (χ4n) is 4.12. The Bertz CT molecular complexity index is 1550. The Kier molecular flexibility index (Phi) is 7.14. The molecule has 0 unspecified atom stereocenters. The number of halogens is 1. The summed E-state index contributed by atoms with van der Waals surface area (Å²) in [5.74, 6) is 2.15. The number of nitrogens with zero attached hydrogens (tertiary/aromatic N) is 2. The van der Waals surface area contributed by atoms with Gasteiger partial charge in [-0.25, -0.2) is 4.98 Å². The second-order valence-electron chi connectivity index (χ2n) is 8.45. The van der Waals surface area contributed by atoms with Gasteiger partial charge in [0, 0.05) is 16.6 Å². The molecule has 1 heterocycles. The van der Waals surface area contributed by atoms with Gasteiger partial charge in [-0.05, 0) is 60.0 Å². The van der Waals surface area contributed by atoms with Crippen LogP contribution < -0.4 is 15.0 Å². The van der Waals surface area contributed by atoms with Gasteiger partial charge in [-0.2, -0.15) is 0 Å². The van der Waals surface area contributed by atoms with E-state index in [0.717, 1.165) is 32.7 Å². The molecule has 0 N–H and O–H groups in total. The van der Waals surface area contributed by atoms with Crippen molar-refractivity contribution in [2.75, 3.05) is 7.11 Å². The highest BCUT2D eigenvalue weighted by molar-refractivity contribution is 9.10. The van der Waals surface area contributed by atoms with E-state index in [2.05, 4.69) is 15.9 Å². The summed E-state index contributed by atoms with van der Waals surface area (Å²) >= 11 is 3.49. The molecule has 36 heavy (non-hydrogen) atoms. The molecular formula is C30H25BrN2O3. The molecule has 0 fully saturated rings. The van der Waals surface area contributed by atoms with Gasteiger partial charge in [0.2, 0.25) is 0 Å². The van der Waals surface area contributed by atoms with Crippen LogP contribution in [0.1, 0.15) is 11.1 Å². The van der Waals surface area contributed by atoms with Crippen LogP contribution in [-0.4, -0.2) is 16.7 Å². The largest absolute Gasteiger partial charge is 0.497 e. The molecule has 0 spiro atoms. The Labute approximate surface area is 218 Å². The molecule has 0 amide bonds. The van der Waals surface area contributed by atoms with Crippen LogP contribution in [0, 0.1) is 0 Å². The van der Waals surface area contributed by atoms with Crippen molar-refractivity contribution in [3.05, 3.63) is 123 Å². The summed E-state index contributed by atoms with van der Waals surface area (Å²) in [5.41, 5.74) is 3.63. The Hall–Kier alpha value is -3.90. The van der Waals surface area contributed by atoms with E-state index in [1.807, 2.05) is 97.1 Å². The number of ether oxygens (including phenoxy) is 2. The van der Waals surface area contributed by atoms with Crippen LogP contribution >= 0.6 is 15.9 Å². The lowest BCUT2D eigenvalue weighted by Crippen LogP contribution is -2.24. The number of hydrogen-bond acceptors (Lipinski definition) is 4. The van der Waals surface area contributed by atoms with E-state index in [4.69, 9.17) is 14.5 Å². The van der Waals surface area contributed by atoms with Crippen LogP contribution in [0.25, 0.3) is 22.3 Å². The number of aromatic nitrogens is 2. The standard InChI is InChI=1S/C30H25BrN2O3/c1-35-25-13-10-21(11-14-25)16-17-33-29(32-28-15-12-24(31)19-27(28)30(33)34)23-8-5-9-26(18-23)36-20-22-6-3-2-4-7-22/h2-15,18-19H,16-17,20H2,1H3. The molecule has 5 nitrogen and oxygen atoms in total. The maximum absolute atomic E-state index is 13.6. The SMILES string of the molecule is COc1ccc(CCn2c(-c3cccc(OCc4ccccc4)c3)nc3ccc(Br)cc3c2=O)cc1. The molecule has 6 heteroatoms. The third-order valence-electron chi connectivity index (χ3n) is 6.04. The quantitative estimate of drug-likeness (QED) is 0.221. The van der Waals surface area contributed by atoms with E-state index in [1.165, 1.54) is 0 Å². The third kappa shape index (κ3) is 5.34. The fraction of sp³-hybridized carbons (Fsp3) is 0.133. The summed E-state index contributed by atoms with van der Waals surface area (Å²) in [6, 6.07) is 31.3. The van der Waals surface area contributed by atoms with Crippen LogP contribution in [0.2, 0.25) is 0 Å². The third-order valence-corrected chi connectivity index (χ3v) is 6.53. The summed E-state index contributed by atoms with van der Waals surface area (Å²) in [4.78, 5) is 18.6. The lowest BCUT2D eigenvalue weighted by atomic mass is 10.1. The average molecular weight is 541 g/mol. The highest BCUT2D eigenvalue weighted by Gasteiger charge is 2.14. The summed E-state index contributed by atoms with van der Waals surface area (Å²) in [7, 11) is 1.65. The van der Waals surface area contributed by atoms with Gasteiger partial charge in [0.25, 0.3) is 5.56 Å². The molecule has 5 rings (SSSR count). The molecule has 0 aliphatic heterocycles. The minimum absolute atomic E-state index is 0.0691. The predicted molar refractivity (Wildman–Crippen MR) is 147 cm³/mol. The zero-order chi connectivity index (χ0) is 24.9. The Morgan fingerprint density at radius 3 is 2.42 bits per heavy atom. The highest BCUT2D eigenvalue weighted by atomic mass is 79.9. The van der Waals surface area contributed by atoms with Gasteiger partial charge < -0.3 is 9.47 Å². The van der Waals surface area contributed by atoms with Crippen molar-refractivity contribution in [1.82, 2.24) is 9.55 Å². The minimum atomic E-state index is -0.0691. The van der Waals surface area contributed by atoms with Crippen LogP contribution in [0.5, 0.6) is 11.5 Å². The number of benzene rings is 4. The molecule has 0 aliphatic rings. The van der Waals surface area contributed by atoms with Crippen LogP contribution in [-0.2, 0) is 19.6 Å². The van der Waals surface area contributed by atoms with Crippen molar-refractivity contribution in [2.24, 2.45) is 0 Å². The van der Waals surface area contributed by atoms with E-state index in [-0.39, 0.29) is 5.56 Å². The molecule has 180 valence electrons. The first kappa shape index (κ1) is 23.8. The van der Waals surface area contributed by atoms with Crippen molar-refractivity contribution >= 4 is 26.8 Å². The zero-order valence-corrected chi connectivity index (χ0v) is 21.4. The van der Waals surface area contributed by atoms with Crippen LogP contribution in [0.4, 0.5) is 0 Å². The van der Waals surface area contributed by atoms with E-state index in [1.54, 1.807) is 11.7 Å². The molecule has 0 atom stereocenters. The van der Waals surface area contributed by atoms with E-state index < -0.39 is 0 Å². The van der Waals surface area contributed by atoms with Crippen molar-refractivity contribution < 1.29 is 9.47 Å². The Balaban J connectivity index is 1.51. The van der Waals surface area contributed by atoms with E-state index in [0.29, 0.717) is 36.3 Å². The molecule has 0 saturated carbocycles. The maximum Gasteiger partial charge on any atom is 0.261 e.